The second-order valence-corrected chi connectivity index (χ2v) is 6.24. The Bertz CT molecular complexity index is 308. The highest BCUT2D eigenvalue weighted by atomic mass is 35.5. The van der Waals surface area contributed by atoms with Gasteiger partial charge in [-0.1, -0.05) is 13.0 Å². The normalized spacial score (nSPS) is 25.6. The Kier molecular flexibility index (Phi) is 7.60. The van der Waals surface area contributed by atoms with E-state index in [1.54, 1.807) is 0 Å². The molecule has 0 aromatic heterocycles. The van der Waals surface area contributed by atoms with E-state index in [1.165, 1.54) is 12.8 Å². The van der Waals surface area contributed by atoms with Crippen molar-refractivity contribution in [3.8, 4) is 0 Å². The minimum absolute atomic E-state index is 0. The van der Waals surface area contributed by atoms with Gasteiger partial charge < -0.3 is 10.2 Å². The number of carbonyl (C=O) groups is 1. The summed E-state index contributed by atoms with van der Waals surface area (Å²) in [5, 5.41) is 3.45. The molecular weight excluding hydrogens is 272 g/mol. The van der Waals surface area contributed by atoms with Crippen LogP contribution in [0.4, 0.5) is 0 Å². The number of allylic oxidation sites excluding steroid dienone is 1. The van der Waals surface area contributed by atoms with Crippen LogP contribution in [0.5, 0.6) is 0 Å². The molecule has 0 saturated carbocycles. The van der Waals surface area contributed by atoms with Crippen molar-refractivity contribution in [2.24, 2.45) is 17.8 Å². The lowest BCUT2D eigenvalue weighted by molar-refractivity contribution is -0.133. The Balaban J connectivity index is 0.00000200. The van der Waals surface area contributed by atoms with Crippen LogP contribution < -0.4 is 5.32 Å². The highest BCUT2D eigenvalue weighted by Crippen LogP contribution is 2.25. The average molecular weight is 301 g/mol. The number of rotatable bonds is 4. The predicted molar refractivity (Wildman–Crippen MR) is 86.1 cm³/mol. The molecule has 2 unspecified atom stereocenters. The van der Waals surface area contributed by atoms with Crippen LogP contribution in [0.1, 0.15) is 39.0 Å². The number of nitrogens with one attached hydrogen (secondary N) is 1. The van der Waals surface area contributed by atoms with Crippen LogP contribution in [0.15, 0.2) is 12.7 Å². The van der Waals surface area contributed by atoms with Gasteiger partial charge in [-0.3, -0.25) is 4.79 Å². The van der Waals surface area contributed by atoms with E-state index in [9.17, 15) is 4.79 Å². The van der Waals surface area contributed by atoms with E-state index in [0.717, 1.165) is 45.4 Å². The summed E-state index contributed by atoms with van der Waals surface area (Å²) >= 11 is 0. The van der Waals surface area contributed by atoms with Crippen molar-refractivity contribution >= 4 is 18.3 Å². The van der Waals surface area contributed by atoms with Crippen molar-refractivity contribution in [1.29, 1.82) is 0 Å². The van der Waals surface area contributed by atoms with Gasteiger partial charge in [-0.2, -0.15) is 0 Å². The van der Waals surface area contributed by atoms with Gasteiger partial charge >= 0.3 is 0 Å². The molecule has 0 bridgehead atoms. The van der Waals surface area contributed by atoms with Crippen LogP contribution in [0.2, 0.25) is 0 Å². The summed E-state index contributed by atoms with van der Waals surface area (Å²) in [6, 6.07) is 0. The van der Waals surface area contributed by atoms with Gasteiger partial charge in [0.15, 0.2) is 0 Å². The molecule has 2 heterocycles. The van der Waals surface area contributed by atoms with Gasteiger partial charge in [0.05, 0.1) is 0 Å². The van der Waals surface area contributed by atoms with Gasteiger partial charge in [0.1, 0.15) is 0 Å². The molecule has 2 fully saturated rings. The summed E-state index contributed by atoms with van der Waals surface area (Å²) in [5.74, 6) is 2.17. The molecule has 1 N–H and O–H groups in total. The number of likely N-dealkylation sites (tertiary alicyclic amines) is 1. The highest BCUT2D eigenvalue weighted by Gasteiger charge is 2.26. The van der Waals surface area contributed by atoms with E-state index in [0.29, 0.717) is 23.7 Å². The standard InChI is InChI=1S/C16H28N2O.ClH/c1-3-14-6-9-18(10-7-14)16(19)11-13(2)15-5-4-8-17-12-15;/h3,13-15,17H,1,4-12H2,2H3;1H. The maximum absolute atomic E-state index is 12.3. The van der Waals surface area contributed by atoms with Gasteiger partial charge in [0.25, 0.3) is 0 Å². The van der Waals surface area contributed by atoms with Crippen molar-refractivity contribution in [3.05, 3.63) is 12.7 Å². The topological polar surface area (TPSA) is 32.3 Å². The number of nitrogens with zero attached hydrogens (tertiary/aromatic N) is 1. The molecule has 2 atom stereocenters. The van der Waals surface area contributed by atoms with Gasteiger partial charge in [-0.15, -0.1) is 19.0 Å². The molecule has 2 aliphatic heterocycles. The predicted octanol–water partition coefficient (Wildman–Crippen LogP) is 2.86. The molecule has 0 aromatic carbocycles. The molecule has 2 saturated heterocycles. The molecule has 0 spiro atoms. The third-order valence-corrected chi connectivity index (χ3v) is 4.86. The van der Waals surface area contributed by atoms with Crippen molar-refractivity contribution in [3.63, 3.8) is 0 Å². The zero-order valence-electron chi connectivity index (χ0n) is 12.6. The minimum atomic E-state index is 0. The summed E-state index contributed by atoms with van der Waals surface area (Å²) < 4.78 is 0. The van der Waals surface area contributed by atoms with E-state index in [4.69, 9.17) is 0 Å². The van der Waals surface area contributed by atoms with Crippen molar-refractivity contribution in [1.82, 2.24) is 10.2 Å². The average Bonchev–Trinajstić information content (AvgIpc) is 2.48. The Hall–Kier alpha value is -0.540. The Morgan fingerprint density at radius 1 is 1.40 bits per heavy atom. The largest absolute Gasteiger partial charge is 0.343 e. The lowest BCUT2D eigenvalue weighted by atomic mass is 9.85. The summed E-state index contributed by atoms with van der Waals surface area (Å²) in [4.78, 5) is 14.4. The first-order valence-corrected chi connectivity index (χ1v) is 7.81. The van der Waals surface area contributed by atoms with E-state index >= 15 is 0 Å². The van der Waals surface area contributed by atoms with Crippen molar-refractivity contribution in [2.75, 3.05) is 26.2 Å². The quantitative estimate of drug-likeness (QED) is 0.810. The molecule has 3 nitrogen and oxygen atoms in total. The van der Waals surface area contributed by atoms with Crippen LogP contribution in [-0.2, 0) is 4.79 Å². The minimum Gasteiger partial charge on any atom is -0.343 e. The molecule has 0 aromatic rings. The smallest absolute Gasteiger partial charge is 0.222 e. The van der Waals surface area contributed by atoms with Crippen molar-refractivity contribution in [2.45, 2.75) is 39.0 Å². The van der Waals surface area contributed by atoms with Gasteiger partial charge in [0, 0.05) is 19.5 Å². The number of amides is 1. The van der Waals surface area contributed by atoms with Gasteiger partial charge in [-0.05, 0) is 56.5 Å². The zero-order valence-corrected chi connectivity index (χ0v) is 13.5. The molecule has 2 aliphatic rings. The van der Waals surface area contributed by atoms with Crippen LogP contribution in [-0.4, -0.2) is 37.0 Å². The summed E-state index contributed by atoms with van der Waals surface area (Å²) in [6.07, 6.45) is 7.49. The summed E-state index contributed by atoms with van der Waals surface area (Å²) in [7, 11) is 0. The third kappa shape index (κ3) is 4.78. The molecular formula is C16H29ClN2O. The second-order valence-electron chi connectivity index (χ2n) is 6.24. The van der Waals surface area contributed by atoms with Crippen LogP contribution in [0, 0.1) is 17.8 Å². The highest BCUT2D eigenvalue weighted by molar-refractivity contribution is 5.85. The first kappa shape index (κ1) is 17.5. The summed E-state index contributed by atoms with van der Waals surface area (Å²) in [6.45, 7) is 10.2. The van der Waals surface area contributed by atoms with Crippen LogP contribution in [0.3, 0.4) is 0 Å². The zero-order chi connectivity index (χ0) is 13.7. The fourth-order valence-electron chi connectivity index (χ4n) is 3.32. The molecule has 1 amide bonds. The molecule has 0 radical (unpaired) electrons. The monoisotopic (exact) mass is 300 g/mol. The lowest BCUT2D eigenvalue weighted by Gasteiger charge is -2.33. The SMILES string of the molecule is C=CC1CCN(C(=O)CC(C)C2CCCNC2)CC1.Cl. The number of halogens is 1. The number of carbonyl (C=O) groups excluding carboxylic acids is 1. The third-order valence-electron chi connectivity index (χ3n) is 4.86. The van der Waals surface area contributed by atoms with E-state index in [-0.39, 0.29) is 12.4 Å². The Labute approximate surface area is 129 Å². The Morgan fingerprint density at radius 3 is 2.65 bits per heavy atom. The first-order valence-electron chi connectivity index (χ1n) is 7.81. The van der Waals surface area contributed by atoms with Crippen molar-refractivity contribution < 1.29 is 4.79 Å². The number of piperidine rings is 2. The summed E-state index contributed by atoms with van der Waals surface area (Å²) in [5.41, 5.74) is 0. The fraction of sp³-hybridized carbons (Fsp3) is 0.812. The fourth-order valence-corrected chi connectivity index (χ4v) is 3.32. The second kappa shape index (κ2) is 8.68. The molecule has 0 aliphatic carbocycles. The molecule has 4 heteroatoms. The van der Waals surface area contributed by atoms with Crippen LogP contribution >= 0.6 is 12.4 Å². The molecule has 2 rings (SSSR count). The molecule has 20 heavy (non-hydrogen) atoms. The number of hydrogen-bond acceptors (Lipinski definition) is 2. The number of hydrogen-bond donors (Lipinski definition) is 1. The van der Waals surface area contributed by atoms with Gasteiger partial charge in [0.2, 0.25) is 5.91 Å². The molecule has 116 valence electrons. The first-order chi connectivity index (χ1) is 9.20. The lowest BCUT2D eigenvalue weighted by Crippen LogP contribution is -2.40. The van der Waals surface area contributed by atoms with E-state index in [2.05, 4.69) is 23.7 Å². The maximum atomic E-state index is 12.3. The maximum Gasteiger partial charge on any atom is 0.222 e. The Morgan fingerprint density at radius 2 is 2.10 bits per heavy atom. The van der Waals surface area contributed by atoms with Gasteiger partial charge in [-0.25, -0.2) is 0 Å². The van der Waals surface area contributed by atoms with Crippen LogP contribution in [0.25, 0.3) is 0 Å². The van der Waals surface area contributed by atoms with E-state index in [1.807, 2.05) is 6.08 Å². The van der Waals surface area contributed by atoms with E-state index < -0.39 is 0 Å².